The fourth-order valence-corrected chi connectivity index (χ4v) is 2.84. The summed E-state index contributed by atoms with van der Waals surface area (Å²) in [5, 5.41) is 10.2. The van der Waals surface area contributed by atoms with Crippen molar-refractivity contribution >= 4 is 17.3 Å². The molecule has 0 bridgehead atoms. The summed E-state index contributed by atoms with van der Waals surface area (Å²) in [5.41, 5.74) is 1.14. The van der Waals surface area contributed by atoms with Crippen molar-refractivity contribution in [3.8, 4) is 0 Å². The third-order valence-electron chi connectivity index (χ3n) is 3.43. The first kappa shape index (κ1) is 14.3. The molecule has 1 fully saturated rings. The Morgan fingerprint density at radius 1 is 1.53 bits per heavy atom. The highest BCUT2D eigenvalue weighted by Crippen LogP contribution is 2.28. The number of guanidine groups is 1. The van der Waals surface area contributed by atoms with Crippen LogP contribution in [0.2, 0.25) is 0 Å². The minimum atomic E-state index is 0.629. The molecule has 1 aliphatic carbocycles. The van der Waals surface area contributed by atoms with E-state index in [0.717, 1.165) is 37.0 Å². The fourth-order valence-electron chi connectivity index (χ4n) is 2.02. The first-order valence-corrected chi connectivity index (χ1v) is 7.95. The molecule has 106 valence electrons. The van der Waals surface area contributed by atoms with Crippen LogP contribution in [0, 0.1) is 12.8 Å². The van der Waals surface area contributed by atoms with Gasteiger partial charge in [0, 0.05) is 30.7 Å². The van der Waals surface area contributed by atoms with Gasteiger partial charge in [0.1, 0.15) is 0 Å². The summed E-state index contributed by atoms with van der Waals surface area (Å²) in [4.78, 5) is 8.72. The first-order chi connectivity index (χ1) is 9.19. The van der Waals surface area contributed by atoms with Crippen LogP contribution in [0.15, 0.2) is 10.4 Å². The summed E-state index contributed by atoms with van der Waals surface area (Å²) in [7, 11) is 1.83. The topological polar surface area (TPSA) is 49.3 Å². The minimum Gasteiger partial charge on any atom is -0.356 e. The largest absolute Gasteiger partial charge is 0.356 e. The molecule has 0 aliphatic heterocycles. The zero-order valence-corrected chi connectivity index (χ0v) is 12.9. The van der Waals surface area contributed by atoms with Crippen LogP contribution in [-0.2, 0) is 6.42 Å². The summed E-state index contributed by atoms with van der Waals surface area (Å²) in [6.07, 6.45) is 4.69. The molecule has 19 heavy (non-hydrogen) atoms. The zero-order valence-electron chi connectivity index (χ0n) is 12.1. The monoisotopic (exact) mass is 280 g/mol. The van der Waals surface area contributed by atoms with Crippen LogP contribution < -0.4 is 10.6 Å². The van der Waals surface area contributed by atoms with Gasteiger partial charge in [0.25, 0.3) is 0 Å². The third-order valence-corrected chi connectivity index (χ3v) is 4.46. The van der Waals surface area contributed by atoms with Gasteiger partial charge in [-0.3, -0.25) is 4.99 Å². The SMILES string of the molecule is CN=C(NCCCCc1nc(C)cs1)NC1CC1C. The Balaban J connectivity index is 1.55. The van der Waals surface area contributed by atoms with Gasteiger partial charge < -0.3 is 10.6 Å². The van der Waals surface area contributed by atoms with E-state index < -0.39 is 0 Å². The quantitative estimate of drug-likeness (QED) is 0.478. The lowest BCUT2D eigenvalue weighted by Crippen LogP contribution is -2.39. The van der Waals surface area contributed by atoms with Gasteiger partial charge >= 0.3 is 0 Å². The van der Waals surface area contributed by atoms with E-state index in [2.05, 4.69) is 39.8 Å². The predicted octanol–water partition coefficient (Wildman–Crippen LogP) is 2.35. The maximum Gasteiger partial charge on any atom is 0.191 e. The van der Waals surface area contributed by atoms with Crippen molar-refractivity contribution in [3.63, 3.8) is 0 Å². The Hall–Kier alpha value is -1.10. The van der Waals surface area contributed by atoms with Crippen molar-refractivity contribution in [2.24, 2.45) is 10.9 Å². The maximum absolute atomic E-state index is 4.48. The Morgan fingerprint density at radius 2 is 2.32 bits per heavy atom. The van der Waals surface area contributed by atoms with E-state index in [0.29, 0.717) is 6.04 Å². The van der Waals surface area contributed by atoms with Gasteiger partial charge in [-0.2, -0.15) is 0 Å². The van der Waals surface area contributed by atoms with Crippen LogP contribution in [0.25, 0.3) is 0 Å². The smallest absolute Gasteiger partial charge is 0.191 e. The molecule has 0 spiro atoms. The van der Waals surface area contributed by atoms with Crippen molar-refractivity contribution in [3.05, 3.63) is 16.1 Å². The van der Waals surface area contributed by atoms with Crippen molar-refractivity contribution in [1.29, 1.82) is 0 Å². The molecule has 1 aromatic heterocycles. The molecule has 1 heterocycles. The van der Waals surface area contributed by atoms with E-state index >= 15 is 0 Å². The van der Waals surface area contributed by atoms with Crippen LogP contribution >= 0.6 is 11.3 Å². The molecule has 1 aliphatic rings. The van der Waals surface area contributed by atoms with E-state index in [1.807, 2.05) is 7.05 Å². The number of aromatic nitrogens is 1. The average molecular weight is 280 g/mol. The third kappa shape index (κ3) is 4.82. The molecule has 1 aromatic rings. The normalized spacial score (nSPS) is 22.4. The molecule has 2 atom stereocenters. The van der Waals surface area contributed by atoms with E-state index in [-0.39, 0.29) is 0 Å². The summed E-state index contributed by atoms with van der Waals surface area (Å²) < 4.78 is 0. The highest BCUT2D eigenvalue weighted by Gasteiger charge is 2.32. The predicted molar refractivity (Wildman–Crippen MR) is 81.9 cm³/mol. The van der Waals surface area contributed by atoms with Gasteiger partial charge in [0.05, 0.1) is 5.01 Å². The van der Waals surface area contributed by atoms with E-state index in [1.54, 1.807) is 11.3 Å². The number of nitrogens with zero attached hydrogens (tertiary/aromatic N) is 2. The summed E-state index contributed by atoms with van der Waals surface area (Å²) in [5.74, 6) is 1.74. The molecule has 2 N–H and O–H groups in total. The van der Waals surface area contributed by atoms with Gasteiger partial charge in [-0.25, -0.2) is 4.98 Å². The molecule has 0 radical (unpaired) electrons. The summed E-state index contributed by atoms with van der Waals surface area (Å²) in [6.45, 7) is 5.29. The average Bonchev–Trinajstić information content (AvgIpc) is 2.91. The van der Waals surface area contributed by atoms with Crippen molar-refractivity contribution in [2.45, 2.75) is 45.6 Å². The lowest BCUT2D eigenvalue weighted by Gasteiger charge is -2.11. The Morgan fingerprint density at radius 3 is 2.89 bits per heavy atom. The second-order valence-electron chi connectivity index (χ2n) is 5.30. The number of aliphatic imine (C=N–C) groups is 1. The highest BCUT2D eigenvalue weighted by atomic mass is 32.1. The number of aryl methyl sites for hydroxylation is 2. The fraction of sp³-hybridized carbons (Fsp3) is 0.714. The van der Waals surface area contributed by atoms with Crippen LogP contribution in [0.1, 0.15) is 36.9 Å². The van der Waals surface area contributed by atoms with Gasteiger partial charge in [0.15, 0.2) is 5.96 Å². The number of rotatable bonds is 6. The molecule has 4 nitrogen and oxygen atoms in total. The number of hydrogen-bond donors (Lipinski definition) is 2. The second-order valence-corrected chi connectivity index (χ2v) is 6.25. The van der Waals surface area contributed by atoms with Gasteiger partial charge in [-0.05, 0) is 38.5 Å². The number of nitrogens with one attached hydrogen (secondary N) is 2. The number of unbranched alkanes of at least 4 members (excludes halogenated alkanes) is 1. The molecule has 5 heteroatoms. The maximum atomic E-state index is 4.48. The van der Waals surface area contributed by atoms with Gasteiger partial charge in [-0.15, -0.1) is 11.3 Å². The number of thiazole rings is 1. The molecule has 0 amide bonds. The summed E-state index contributed by atoms with van der Waals surface area (Å²) >= 11 is 1.77. The second kappa shape index (κ2) is 6.89. The van der Waals surface area contributed by atoms with E-state index in [4.69, 9.17) is 0 Å². The van der Waals surface area contributed by atoms with Crippen molar-refractivity contribution < 1.29 is 0 Å². The molecule has 0 saturated heterocycles. The van der Waals surface area contributed by atoms with Crippen LogP contribution in [-0.4, -0.2) is 30.6 Å². The minimum absolute atomic E-state index is 0.629. The first-order valence-electron chi connectivity index (χ1n) is 7.07. The van der Waals surface area contributed by atoms with Crippen LogP contribution in [0.5, 0.6) is 0 Å². The van der Waals surface area contributed by atoms with Crippen molar-refractivity contribution in [2.75, 3.05) is 13.6 Å². The standard InChI is InChI=1S/C14H24N4S/c1-10-8-12(10)18-14(15-3)16-7-5-4-6-13-17-11(2)9-19-13/h9-10,12H,4-8H2,1-3H3,(H2,15,16,18). The lowest BCUT2D eigenvalue weighted by molar-refractivity contribution is 0.686. The summed E-state index contributed by atoms with van der Waals surface area (Å²) in [6, 6.07) is 0.629. The van der Waals surface area contributed by atoms with Crippen molar-refractivity contribution in [1.82, 2.24) is 15.6 Å². The Labute approximate surface area is 119 Å². The Kier molecular flexibility index (Phi) is 5.19. The van der Waals surface area contributed by atoms with E-state index in [1.165, 1.54) is 17.8 Å². The van der Waals surface area contributed by atoms with Crippen LogP contribution in [0.4, 0.5) is 0 Å². The van der Waals surface area contributed by atoms with Crippen LogP contribution in [0.3, 0.4) is 0 Å². The zero-order chi connectivity index (χ0) is 13.7. The Bertz CT molecular complexity index is 427. The molecule has 0 aromatic carbocycles. The number of hydrogen-bond acceptors (Lipinski definition) is 3. The van der Waals surface area contributed by atoms with Gasteiger partial charge in [-0.1, -0.05) is 6.92 Å². The lowest BCUT2D eigenvalue weighted by atomic mass is 10.2. The van der Waals surface area contributed by atoms with Gasteiger partial charge in [0.2, 0.25) is 0 Å². The van der Waals surface area contributed by atoms with E-state index in [9.17, 15) is 0 Å². The molecular weight excluding hydrogens is 256 g/mol. The highest BCUT2D eigenvalue weighted by molar-refractivity contribution is 7.09. The molecule has 1 saturated carbocycles. The molecular formula is C14H24N4S. The molecule has 2 unspecified atom stereocenters. The molecule has 2 rings (SSSR count).